The molecule has 456 valence electrons. The zero-order valence-electron chi connectivity index (χ0n) is 50.4. The Hall–Kier alpha value is -3.58. The summed E-state index contributed by atoms with van der Waals surface area (Å²) in [4.78, 5) is 51.3. The highest BCUT2D eigenvalue weighted by Gasteiger charge is 2.50. The van der Waals surface area contributed by atoms with Gasteiger partial charge >= 0.3 is 23.9 Å². The van der Waals surface area contributed by atoms with Crippen molar-refractivity contribution in [3.63, 3.8) is 0 Å². The van der Waals surface area contributed by atoms with E-state index in [-0.39, 0.29) is 25.9 Å². The maximum atomic E-state index is 13.2. The molecule has 0 radical (unpaired) electrons. The summed E-state index contributed by atoms with van der Waals surface area (Å²) in [6.07, 6.45) is 56.0. The lowest BCUT2D eigenvalue weighted by Crippen LogP contribution is -2.61. The second-order valence-electron chi connectivity index (χ2n) is 22.0. The topological polar surface area (TPSA) is 175 Å². The highest BCUT2D eigenvalue weighted by Crippen LogP contribution is 2.27. The van der Waals surface area contributed by atoms with Crippen molar-refractivity contribution in [2.24, 2.45) is 0 Å². The number of hydrogen-bond acceptors (Lipinski definition) is 11. The molecule has 1 saturated heterocycles. The van der Waals surface area contributed by atoms with Crippen molar-refractivity contribution in [2.45, 2.75) is 327 Å². The van der Waals surface area contributed by atoms with Crippen LogP contribution in [-0.4, -0.2) is 89.2 Å². The summed E-state index contributed by atoms with van der Waals surface area (Å²) in [5.41, 5.74) is 0. The minimum atomic E-state index is -1.91. The Kier molecular flexibility index (Phi) is 51.1. The second-order valence-corrected chi connectivity index (χ2v) is 22.0. The second kappa shape index (κ2) is 55.0. The molecule has 1 aliphatic heterocycles. The van der Waals surface area contributed by atoms with E-state index in [9.17, 15) is 34.5 Å². The molecule has 0 aromatic carbocycles. The van der Waals surface area contributed by atoms with Gasteiger partial charge in [0.25, 0.3) is 0 Å². The molecule has 0 aliphatic carbocycles. The van der Waals surface area contributed by atoms with Crippen LogP contribution < -0.4 is 0 Å². The lowest BCUT2D eigenvalue weighted by molar-refractivity contribution is -0.301. The molecule has 3 N–H and O–H groups in total. The molecule has 12 heteroatoms. The minimum Gasteiger partial charge on any atom is -0.479 e. The quantitative estimate of drug-likeness (QED) is 0.0228. The van der Waals surface area contributed by atoms with Gasteiger partial charge in [0.05, 0.1) is 6.61 Å². The first-order chi connectivity index (χ1) is 38.6. The standard InChI is InChI=1S/C67H116O12/c1-4-7-10-13-16-19-22-25-28-30-33-35-38-41-44-47-50-53-59(68)75-56-58(77-60(69)54-51-48-45-42-39-36-32-27-24-21-18-15-12-9-6-3)57-76-67-65(63(72)62(71)64(79-67)66(73)74)78-61(70)55-52-49-46-43-40-37-34-31-29-26-23-20-17-14-11-8-5-2/h9,12,17-18,20-21,26-27,29,32,58,62-65,67,71-72H,4-8,10-11,13-16,19,22-25,28,30-31,33-57H2,1-3H3,(H,73,74)/b12-9-,20-17-,21-18-,29-26-,32-27-. The Labute approximate surface area is 481 Å². The van der Waals surface area contributed by atoms with E-state index in [1.165, 1.54) is 103 Å². The van der Waals surface area contributed by atoms with E-state index in [0.717, 1.165) is 128 Å². The molecule has 6 atom stereocenters. The molecule has 6 unspecified atom stereocenters. The number of carbonyl (C=O) groups excluding carboxylic acids is 3. The van der Waals surface area contributed by atoms with Crippen LogP contribution in [0.2, 0.25) is 0 Å². The van der Waals surface area contributed by atoms with Gasteiger partial charge in [-0.15, -0.1) is 0 Å². The number of hydrogen-bond donors (Lipinski definition) is 3. The maximum Gasteiger partial charge on any atom is 0.335 e. The van der Waals surface area contributed by atoms with Gasteiger partial charge in [-0.3, -0.25) is 14.4 Å². The van der Waals surface area contributed by atoms with E-state index in [0.29, 0.717) is 19.3 Å². The van der Waals surface area contributed by atoms with Crippen LogP contribution in [0.4, 0.5) is 0 Å². The highest BCUT2D eigenvalue weighted by molar-refractivity contribution is 5.74. The van der Waals surface area contributed by atoms with Crippen LogP contribution in [0.1, 0.15) is 290 Å². The summed E-state index contributed by atoms with van der Waals surface area (Å²) >= 11 is 0. The molecule has 0 spiro atoms. The van der Waals surface area contributed by atoms with Gasteiger partial charge < -0.3 is 39.0 Å². The predicted octanol–water partition coefficient (Wildman–Crippen LogP) is 17.1. The van der Waals surface area contributed by atoms with E-state index >= 15 is 0 Å². The first-order valence-electron chi connectivity index (χ1n) is 32.3. The molecule has 1 heterocycles. The van der Waals surface area contributed by atoms with Gasteiger partial charge in [-0.25, -0.2) is 4.79 Å². The van der Waals surface area contributed by atoms with Crippen molar-refractivity contribution < 1.29 is 58.2 Å². The van der Waals surface area contributed by atoms with Gasteiger partial charge in [0.2, 0.25) is 0 Å². The number of carboxylic acids is 1. The molecular formula is C67H116O12. The smallest absolute Gasteiger partial charge is 0.335 e. The van der Waals surface area contributed by atoms with Gasteiger partial charge in [0, 0.05) is 19.3 Å². The van der Waals surface area contributed by atoms with Crippen molar-refractivity contribution in [3.05, 3.63) is 60.8 Å². The largest absolute Gasteiger partial charge is 0.479 e. The van der Waals surface area contributed by atoms with Crippen LogP contribution >= 0.6 is 0 Å². The fourth-order valence-corrected chi connectivity index (χ4v) is 9.65. The lowest BCUT2D eigenvalue weighted by atomic mass is 9.98. The van der Waals surface area contributed by atoms with Crippen molar-refractivity contribution in [3.8, 4) is 0 Å². The van der Waals surface area contributed by atoms with E-state index in [1.807, 2.05) is 0 Å². The summed E-state index contributed by atoms with van der Waals surface area (Å²) in [5, 5.41) is 31.6. The SMILES string of the molecule is CC/C=C\C/C=C\C/C=C\CCCCCCCC(=O)OC(COC(=O)CCCCCCCCCCCCCCCCCCC)COC1OC(C(=O)O)C(O)C(O)C1OC(=O)CCCCCCCCC/C=C\C/C=C\CCCCC. The van der Waals surface area contributed by atoms with Crippen molar-refractivity contribution in [1.82, 2.24) is 0 Å². The molecule has 0 aromatic heterocycles. The molecule has 0 aromatic rings. The lowest BCUT2D eigenvalue weighted by Gasteiger charge is -2.40. The third-order valence-corrected chi connectivity index (χ3v) is 14.6. The van der Waals surface area contributed by atoms with Crippen molar-refractivity contribution in [2.75, 3.05) is 13.2 Å². The van der Waals surface area contributed by atoms with Crippen LogP contribution in [0.15, 0.2) is 60.8 Å². The fourth-order valence-electron chi connectivity index (χ4n) is 9.65. The Morgan fingerprint density at radius 3 is 1.24 bits per heavy atom. The molecule has 1 fully saturated rings. The number of aliphatic hydroxyl groups excluding tert-OH is 2. The molecule has 0 bridgehead atoms. The monoisotopic (exact) mass is 1110 g/mol. The highest BCUT2D eigenvalue weighted by atomic mass is 16.7. The first-order valence-corrected chi connectivity index (χ1v) is 32.3. The van der Waals surface area contributed by atoms with Gasteiger partial charge in [-0.1, -0.05) is 248 Å². The predicted molar refractivity (Wildman–Crippen MR) is 322 cm³/mol. The normalized spacial score (nSPS) is 18.2. The van der Waals surface area contributed by atoms with Gasteiger partial charge in [-0.2, -0.15) is 0 Å². The van der Waals surface area contributed by atoms with Crippen LogP contribution in [0.5, 0.6) is 0 Å². The first kappa shape index (κ1) is 73.4. The number of rotatable bonds is 55. The van der Waals surface area contributed by atoms with E-state index < -0.39 is 67.3 Å². The van der Waals surface area contributed by atoms with Gasteiger partial charge in [-0.05, 0) is 83.5 Å². The molecule has 0 amide bonds. The molecule has 0 saturated carbocycles. The van der Waals surface area contributed by atoms with E-state index in [2.05, 4.69) is 81.5 Å². The average molecular weight is 1110 g/mol. The van der Waals surface area contributed by atoms with Crippen LogP contribution in [0, 0.1) is 0 Å². The molecule has 79 heavy (non-hydrogen) atoms. The summed E-state index contributed by atoms with van der Waals surface area (Å²) in [5.74, 6) is -3.13. The van der Waals surface area contributed by atoms with Crippen molar-refractivity contribution >= 4 is 23.9 Å². The molecule has 1 rings (SSSR count). The van der Waals surface area contributed by atoms with Gasteiger partial charge in [0.1, 0.15) is 18.8 Å². The number of esters is 3. The summed E-state index contributed by atoms with van der Waals surface area (Å²) in [6, 6.07) is 0. The molecular weight excluding hydrogens is 997 g/mol. The number of aliphatic hydroxyl groups is 2. The zero-order chi connectivity index (χ0) is 57.5. The molecule has 1 aliphatic rings. The maximum absolute atomic E-state index is 13.2. The van der Waals surface area contributed by atoms with Gasteiger partial charge in [0.15, 0.2) is 24.6 Å². The Balaban J connectivity index is 2.66. The summed E-state index contributed by atoms with van der Waals surface area (Å²) in [7, 11) is 0. The average Bonchev–Trinajstić information content (AvgIpc) is 3.46. The van der Waals surface area contributed by atoms with Crippen molar-refractivity contribution in [1.29, 1.82) is 0 Å². The number of carboxylic acid groups (broad SMARTS) is 1. The molecule has 12 nitrogen and oxygen atoms in total. The number of aliphatic carboxylic acids is 1. The van der Waals surface area contributed by atoms with Crippen LogP contribution in [0.3, 0.4) is 0 Å². The number of carbonyl (C=O) groups is 4. The number of ether oxygens (including phenoxy) is 5. The zero-order valence-corrected chi connectivity index (χ0v) is 50.4. The van der Waals surface area contributed by atoms with E-state index in [1.54, 1.807) is 0 Å². The number of allylic oxidation sites excluding steroid dienone is 10. The fraction of sp³-hybridized carbons (Fsp3) is 0.791. The third kappa shape index (κ3) is 44.7. The minimum absolute atomic E-state index is 0.0500. The van der Waals surface area contributed by atoms with Crippen LogP contribution in [-0.2, 0) is 42.9 Å². The third-order valence-electron chi connectivity index (χ3n) is 14.6. The Morgan fingerprint density at radius 1 is 0.430 bits per heavy atom. The number of unbranched alkanes of at least 4 members (excludes halogenated alkanes) is 31. The van der Waals surface area contributed by atoms with E-state index in [4.69, 9.17) is 23.7 Å². The summed E-state index contributed by atoms with van der Waals surface area (Å²) < 4.78 is 28.5. The Bertz CT molecular complexity index is 1600. The summed E-state index contributed by atoms with van der Waals surface area (Å²) in [6.45, 7) is 5.88. The Morgan fingerprint density at radius 2 is 0.797 bits per heavy atom. The van der Waals surface area contributed by atoms with Crippen LogP contribution in [0.25, 0.3) is 0 Å².